The molecule has 1 fully saturated rings. The molecule has 0 bridgehead atoms. The van der Waals surface area contributed by atoms with Crippen molar-refractivity contribution in [3.05, 3.63) is 29.3 Å². The molecule has 0 aliphatic heterocycles. The molecule has 1 unspecified atom stereocenters. The van der Waals surface area contributed by atoms with Gasteiger partial charge in [-0.2, -0.15) is 0 Å². The first-order valence-corrected chi connectivity index (χ1v) is 8.06. The lowest BCUT2D eigenvalue weighted by atomic mass is 9.75. The van der Waals surface area contributed by atoms with Crippen LogP contribution in [0.3, 0.4) is 0 Å². The van der Waals surface area contributed by atoms with E-state index in [0.717, 1.165) is 11.7 Å². The zero-order valence-corrected chi connectivity index (χ0v) is 13.2. The molecule has 1 saturated carbocycles. The molecule has 0 saturated heterocycles. The van der Waals surface area contributed by atoms with E-state index in [1.807, 2.05) is 0 Å². The van der Waals surface area contributed by atoms with E-state index in [9.17, 15) is 0 Å². The van der Waals surface area contributed by atoms with Gasteiger partial charge in [-0.15, -0.1) is 0 Å². The van der Waals surface area contributed by atoms with Crippen molar-refractivity contribution in [2.75, 3.05) is 12.8 Å². The van der Waals surface area contributed by atoms with Crippen molar-refractivity contribution in [2.24, 2.45) is 5.41 Å². The Bertz CT molecular complexity index is 482. The number of hydrogen-bond acceptors (Lipinski definition) is 2. The third kappa shape index (κ3) is 2.58. The number of hydrogen-bond donors (Lipinski definition) is 1. The minimum absolute atomic E-state index is 0.555. The molecular formula is C18H28N2. The molecule has 3 rings (SSSR count). The van der Waals surface area contributed by atoms with E-state index in [0.29, 0.717) is 11.5 Å². The summed E-state index contributed by atoms with van der Waals surface area (Å²) in [5.41, 5.74) is 10.4. The highest BCUT2D eigenvalue weighted by molar-refractivity contribution is 5.47. The van der Waals surface area contributed by atoms with E-state index in [1.54, 1.807) is 0 Å². The predicted octanol–water partition coefficient (Wildman–Crippen LogP) is 4.16. The Labute approximate surface area is 123 Å². The summed E-state index contributed by atoms with van der Waals surface area (Å²) >= 11 is 0. The van der Waals surface area contributed by atoms with Crippen LogP contribution in [0, 0.1) is 5.41 Å². The summed E-state index contributed by atoms with van der Waals surface area (Å²) < 4.78 is 0. The zero-order valence-electron chi connectivity index (χ0n) is 13.2. The molecule has 20 heavy (non-hydrogen) atoms. The molecule has 2 heteroatoms. The highest BCUT2D eigenvalue weighted by Gasteiger charge is 2.34. The SMILES string of the molecule is CN(C1CCC(C)(C)CC1)C1CCc2cc(N)ccc21. The normalized spacial score (nSPS) is 25.9. The summed E-state index contributed by atoms with van der Waals surface area (Å²) in [4.78, 5) is 2.65. The Kier molecular flexibility index (Phi) is 3.53. The molecule has 0 spiro atoms. The molecule has 2 aliphatic rings. The summed E-state index contributed by atoms with van der Waals surface area (Å²) in [7, 11) is 2.33. The minimum Gasteiger partial charge on any atom is -0.399 e. The first kappa shape index (κ1) is 13.9. The van der Waals surface area contributed by atoms with Crippen molar-refractivity contribution in [1.82, 2.24) is 4.90 Å². The average Bonchev–Trinajstić information content (AvgIpc) is 2.80. The molecule has 2 aliphatic carbocycles. The Balaban J connectivity index is 1.72. The van der Waals surface area contributed by atoms with E-state index < -0.39 is 0 Å². The number of nitrogens with two attached hydrogens (primary N) is 1. The maximum Gasteiger partial charge on any atom is 0.0353 e. The number of benzene rings is 1. The second-order valence-corrected chi connectivity index (χ2v) is 7.57. The maximum atomic E-state index is 5.91. The van der Waals surface area contributed by atoms with Crippen molar-refractivity contribution in [1.29, 1.82) is 0 Å². The van der Waals surface area contributed by atoms with Crippen LogP contribution in [0.1, 0.15) is 63.1 Å². The Morgan fingerprint density at radius 1 is 1.15 bits per heavy atom. The topological polar surface area (TPSA) is 29.3 Å². The highest BCUT2D eigenvalue weighted by Crippen LogP contribution is 2.42. The Morgan fingerprint density at radius 3 is 2.55 bits per heavy atom. The smallest absolute Gasteiger partial charge is 0.0353 e. The predicted molar refractivity (Wildman–Crippen MR) is 85.7 cm³/mol. The van der Waals surface area contributed by atoms with Crippen LogP contribution in [0.15, 0.2) is 18.2 Å². The lowest BCUT2D eigenvalue weighted by molar-refractivity contribution is 0.0943. The number of nitrogen functional groups attached to an aromatic ring is 1. The summed E-state index contributed by atoms with van der Waals surface area (Å²) in [6, 6.07) is 7.86. The van der Waals surface area contributed by atoms with Gasteiger partial charge < -0.3 is 5.73 Å². The number of anilines is 1. The van der Waals surface area contributed by atoms with Gasteiger partial charge in [0.05, 0.1) is 0 Å². The fraction of sp³-hybridized carbons (Fsp3) is 0.667. The fourth-order valence-corrected chi connectivity index (χ4v) is 4.08. The first-order valence-electron chi connectivity index (χ1n) is 8.06. The molecule has 1 aromatic rings. The summed E-state index contributed by atoms with van der Waals surface area (Å²) in [6.07, 6.45) is 7.88. The van der Waals surface area contributed by atoms with Crippen molar-refractivity contribution >= 4 is 5.69 Å². The summed E-state index contributed by atoms with van der Waals surface area (Å²) in [5, 5.41) is 0. The third-order valence-corrected chi connectivity index (χ3v) is 5.59. The molecule has 1 atom stereocenters. The van der Waals surface area contributed by atoms with Gasteiger partial charge in [-0.3, -0.25) is 4.90 Å². The van der Waals surface area contributed by atoms with Crippen LogP contribution < -0.4 is 5.73 Å². The van der Waals surface area contributed by atoms with Gasteiger partial charge in [-0.1, -0.05) is 19.9 Å². The number of fused-ring (bicyclic) bond motifs is 1. The quantitative estimate of drug-likeness (QED) is 0.819. The zero-order chi connectivity index (χ0) is 14.3. The van der Waals surface area contributed by atoms with Crippen LogP contribution in [-0.2, 0) is 6.42 Å². The standard InChI is InChI=1S/C18H28N2/c1-18(2)10-8-15(9-11-18)20(3)17-7-4-13-12-14(19)5-6-16(13)17/h5-6,12,15,17H,4,7-11,19H2,1-3H3. The van der Waals surface area contributed by atoms with Crippen LogP contribution in [0.4, 0.5) is 5.69 Å². The summed E-state index contributed by atoms with van der Waals surface area (Å²) in [5.74, 6) is 0. The van der Waals surface area contributed by atoms with Gasteiger partial charge in [0.1, 0.15) is 0 Å². The van der Waals surface area contributed by atoms with E-state index in [2.05, 4.69) is 44.0 Å². The lowest BCUT2D eigenvalue weighted by Crippen LogP contribution is -2.38. The Hall–Kier alpha value is -1.02. The maximum absolute atomic E-state index is 5.91. The largest absolute Gasteiger partial charge is 0.399 e. The fourth-order valence-electron chi connectivity index (χ4n) is 4.08. The van der Waals surface area contributed by atoms with Crippen LogP contribution in [0.25, 0.3) is 0 Å². The molecule has 1 aromatic carbocycles. The number of nitrogens with zero attached hydrogens (tertiary/aromatic N) is 1. The molecular weight excluding hydrogens is 244 g/mol. The minimum atomic E-state index is 0.555. The molecule has 110 valence electrons. The van der Waals surface area contributed by atoms with Crippen molar-refractivity contribution < 1.29 is 0 Å². The average molecular weight is 272 g/mol. The number of rotatable bonds is 2. The van der Waals surface area contributed by atoms with Gasteiger partial charge in [0.25, 0.3) is 0 Å². The van der Waals surface area contributed by atoms with Gasteiger partial charge in [0.15, 0.2) is 0 Å². The van der Waals surface area contributed by atoms with Crippen LogP contribution >= 0.6 is 0 Å². The van der Waals surface area contributed by atoms with Gasteiger partial charge in [0, 0.05) is 17.8 Å². The van der Waals surface area contributed by atoms with Gasteiger partial charge >= 0.3 is 0 Å². The van der Waals surface area contributed by atoms with Crippen molar-refractivity contribution in [3.63, 3.8) is 0 Å². The number of aryl methyl sites for hydroxylation is 1. The second kappa shape index (κ2) is 5.07. The Morgan fingerprint density at radius 2 is 1.85 bits per heavy atom. The molecule has 0 heterocycles. The first-order chi connectivity index (χ1) is 9.46. The molecule has 2 N–H and O–H groups in total. The van der Waals surface area contributed by atoms with Crippen LogP contribution in [-0.4, -0.2) is 18.0 Å². The molecule has 2 nitrogen and oxygen atoms in total. The lowest BCUT2D eigenvalue weighted by Gasteiger charge is -2.41. The second-order valence-electron chi connectivity index (χ2n) is 7.57. The van der Waals surface area contributed by atoms with Crippen LogP contribution in [0.5, 0.6) is 0 Å². The van der Waals surface area contributed by atoms with Crippen molar-refractivity contribution in [2.45, 2.75) is 64.5 Å². The monoisotopic (exact) mass is 272 g/mol. The van der Waals surface area contributed by atoms with E-state index >= 15 is 0 Å². The van der Waals surface area contributed by atoms with E-state index in [1.165, 1.54) is 49.7 Å². The molecule has 0 radical (unpaired) electrons. The third-order valence-electron chi connectivity index (χ3n) is 5.59. The van der Waals surface area contributed by atoms with Crippen LogP contribution in [0.2, 0.25) is 0 Å². The summed E-state index contributed by atoms with van der Waals surface area (Å²) in [6.45, 7) is 4.83. The highest BCUT2D eigenvalue weighted by atomic mass is 15.2. The molecule has 0 amide bonds. The van der Waals surface area contributed by atoms with Gasteiger partial charge in [-0.25, -0.2) is 0 Å². The van der Waals surface area contributed by atoms with E-state index in [4.69, 9.17) is 5.73 Å². The van der Waals surface area contributed by atoms with Gasteiger partial charge in [0.2, 0.25) is 0 Å². The molecule has 0 aromatic heterocycles. The van der Waals surface area contributed by atoms with Gasteiger partial charge in [-0.05, 0) is 74.2 Å². The van der Waals surface area contributed by atoms with Crippen molar-refractivity contribution in [3.8, 4) is 0 Å². The van der Waals surface area contributed by atoms with E-state index in [-0.39, 0.29) is 0 Å².